The maximum atomic E-state index is 13.5. The van der Waals surface area contributed by atoms with Crippen LogP contribution >= 0.6 is 0 Å². The molecule has 1 atom stereocenters. The van der Waals surface area contributed by atoms with E-state index in [-0.39, 0.29) is 6.04 Å². The van der Waals surface area contributed by atoms with Gasteiger partial charge in [0.15, 0.2) is 0 Å². The molecule has 0 radical (unpaired) electrons. The van der Waals surface area contributed by atoms with Crippen molar-refractivity contribution in [2.24, 2.45) is 5.73 Å². The lowest BCUT2D eigenvalue weighted by atomic mass is 10.00. The van der Waals surface area contributed by atoms with Crippen LogP contribution in [0.2, 0.25) is 0 Å². The normalized spacial score (nSPS) is 12.6. The molecular formula is C16H25F2N. The highest BCUT2D eigenvalue weighted by atomic mass is 19.1. The molecule has 0 aliphatic carbocycles. The van der Waals surface area contributed by atoms with Gasteiger partial charge in [-0.1, -0.05) is 57.9 Å². The van der Waals surface area contributed by atoms with Gasteiger partial charge in [0.05, 0.1) is 0 Å². The molecule has 0 heterocycles. The molecule has 2 N–H and O–H groups in total. The molecule has 1 nitrogen and oxygen atoms in total. The Balaban J connectivity index is 2.22. The fourth-order valence-corrected chi connectivity index (χ4v) is 2.28. The number of benzene rings is 1. The third kappa shape index (κ3) is 6.15. The Morgan fingerprint density at radius 3 is 2.26 bits per heavy atom. The van der Waals surface area contributed by atoms with Gasteiger partial charge in [-0.05, 0) is 12.5 Å². The summed E-state index contributed by atoms with van der Waals surface area (Å²) < 4.78 is 26.3. The van der Waals surface area contributed by atoms with Crippen molar-refractivity contribution in [1.82, 2.24) is 0 Å². The molecule has 3 heteroatoms. The summed E-state index contributed by atoms with van der Waals surface area (Å²) >= 11 is 0. The summed E-state index contributed by atoms with van der Waals surface area (Å²) in [4.78, 5) is 0. The van der Waals surface area contributed by atoms with Gasteiger partial charge in [-0.15, -0.1) is 0 Å². The van der Waals surface area contributed by atoms with Gasteiger partial charge in [0, 0.05) is 17.7 Å². The molecule has 1 aromatic rings. The maximum absolute atomic E-state index is 13.5. The van der Waals surface area contributed by atoms with E-state index >= 15 is 0 Å². The second-order valence-corrected chi connectivity index (χ2v) is 5.18. The van der Waals surface area contributed by atoms with Crippen LogP contribution in [0, 0.1) is 11.6 Å². The van der Waals surface area contributed by atoms with Crippen LogP contribution in [-0.4, -0.2) is 0 Å². The summed E-state index contributed by atoms with van der Waals surface area (Å²) in [7, 11) is 0. The second-order valence-electron chi connectivity index (χ2n) is 5.18. The molecule has 0 aromatic heterocycles. The first-order valence-electron chi connectivity index (χ1n) is 7.35. The van der Waals surface area contributed by atoms with Crippen LogP contribution in [0.4, 0.5) is 8.78 Å². The van der Waals surface area contributed by atoms with E-state index in [1.807, 2.05) is 0 Å². The van der Waals surface area contributed by atoms with Crippen molar-refractivity contribution in [3.63, 3.8) is 0 Å². The highest BCUT2D eigenvalue weighted by Gasteiger charge is 2.11. The monoisotopic (exact) mass is 269 g/mol. The molecule has 0 saturated carbocycles. The predicted octanol–water partition coefficient (Wildman–Crippen LogP) is 5.11. The Bertz CT molecular complexity index is 366. The molecule has 1 rings (SSSR count). The molecule has 108 valence electrons. The average molecular weight is 269 g/mol. The van der Waals surface area contributed by atoms with E-state index in [4.69, 9.17) is 5.73 Å². The first kappa shape index (κ1) is 16.1. The number of halogens is 2. The molecule has 0 amide bonds. The van der Waals surface area contributed by atoms with Crippen LogP contribution < -0.4 is 5.73 Å². The molecular weight excluding hydrogens is 244 g/mol. The first-order valence-corrected chi connectivity index (χ1v) is 7.35. The van der Waals surface area contributed by atoms with Gasteiger partial charge in [-0.3, -0.25) is 0 Å². The summed E-state index contributed by atoms with van der Waals surface area (Å²) in [5.41, 5.74) is 6.37. The minimum atomic E-state index is -0.552. The molecule has 0 bridgehead atoms. The van der Waals surface area contributed by atoms with Crippen LogP contribution in [0.15, 0.2) is 18.2 Å². The van der Waals surface area contributed by atoms with E-state index < -0.39 is 11.6 Å². The Morgan fingerprint density at radius 1 is 1.00 bits per heavy atom. The van der Waals surface area contributed by atoms with Gasteiger partial charge in [0.1, 0.15) is 11.6 Å². The Kier molecular flexibility index (Phi) is 7.65. The Morgan fingerprint density at radius 2 is 1.63 bits per heavy atom. The summed E-state index contributed by atoms with van der Waals surface area (Å²) in [5.74, 6) is -1.08. The SMILES string of the molecule is CCCCCCCCCC(N)c1ccc(F)cc1F. The molecule has 0 spiro atoms. The molecule has 19 heavy (non-hydrogen) atoms. The van der Waals surface area contributed by atoms with Crippen molar-refractivity contribution in [3.05, 3.63) is 35.4 Å². The van der Waals surface area contributed by atoms with Gasteiger partial charge in [0.2, 0.25) is 0 Å². The van der Waals surface area contributed by atoms with Crippen molar-refractivity contribution < 1.29 is 8.78 Å². The van der Waals surface area contributed by atoms with Gasteiger partial charge >= 0.3 is 0 Å². The lowest BCUT2D eigenvalue weighted by Crippen LogP contribution is -2.12. The minimum absolute atomic E-state index is 0.323. The van der Waals surface area contributed by atoms with Gasteiger partial charge in [-0.25, -0.2) is 8.78 Å². The topological polar surface area (TPSA) is 26.0 Å². The van der Waals surface area contributed by atoms with Crippen LogP contribution in [0.25, 0.3) is 0 Å². The zero-order valence-corrected chi connectivity index (χ0v) is 11.8. The largest absolute Gasteiger partial charge is 0.324 e. The van der Waals surface area contributed by atoms with Crippen molar-refractivity contribution in [1.29, 1.82) is 0 Å². The molecule has 1 unspecified atom stereocenters. The number of rotatable bonds is 9. The molecule has 0 aliphatic rings. The van der Waals surface area contributed by atoms with Crippen molar-refractivity contribution >= 4 is 0 Å². The number of hydrogen-bond acceptors (Lipinski definition) is 1. The lowest BCUT2D eigenvalue weighted by molar-refractivity contribution is 0.514. The highest BCUT2D eigenvalue weighted by molar-refractivity contribution is 5.21. The average Bonchev–Trinajstić information content (AvgIpc) is 2.37. The number of unbranched alkanes of at least 4 members (excludes halogenated alkanes) is 6. The van der Waals surface area contributed by atoms with Crippen LogP contribution in [-0.2, 0) is 0 Å². The van der Waals surface area contributed by atoms with Crippen molar-refractivity contribution in [2.45, 2.75) is 64.3 Å². The van der Waals surface area contributed by atoms with Crippen LogP contribution in [0.1, 0.15) is 69.9 Å². The molecule has 0 saturated heterocycles. The minimum Gasteiger partial charge on any atom is -0.324 e. The standard InChI is InChI=1S/C16H25F2N/c1-2-3-4-5-6-7-8-9-16(19)14-11-10-13(17)12-15(14)18/h10-12,16H,2-9,19H2,1H3. The van der Waals surface area contributed by atoms with Gasteiger partial charge in [0.25, 0.3) is 0 Å². The van der Waals surface area contributed by atoms with Crippen LogP contribution in [0.3, 0.4) is 0 Å². The fourth-order valence-electron chi connectivity index (χ4n) is 2.28. The number of hydrogen-bond donors (Lipinski definition) is 1. The first-order chi connectivity index (χ1) is 9.15. The summed E-state index contributed by atoms with van der Waals surface area (Å²) in [5, 5.41) is 0. The molecule has 0 fully saturated rings. The van der Waals surface area contributed by atoms with Crippen molar-refractivity contribution in [2.75, 3.05) is 0 Å². The van der Waals surface area contributed by atoms with E-state index in [1.165, 1.54) is 44.2 Å². The predicted molar refractivity (Wildman–Crippen MR) is 75.9 cm³/mol. The smallest absolute Gasteiger partial charge is 0.130 e. The summed E-state index contributed by atoms with van der Waals surface area (Å²) in [6.07, 6.45) is 9.26. The van der Waals surface area contributed by atoms with Gasteiger partial charge in [-0.2, -0.15) is 0 Å². The fraction of sp³-hybridized carbons (Fsp3) is 0.625. The van der Waals surface area contributed by atoms with Crippen molar-refractivity contribution in [3.8, 4) is 0 Å². The highest BCUT2D eigenvalue weighted by Crippen LogP contribution is 2.21. The quantitative estimate of drug-likeness (QED) is 0.620. The Hall–Kier alpha value is -0.960. The zero-order valence-electron chi connectivity index (χ0n) is 11.8. The zero-order chi connectivity index (χ0) is 14.1. The molecule has 0 aliphatic heterocycles. The van der Waals surface area contributed by atoms with E-state index in [1.54, 1.807) is 0 Å². The van der Waals surface area contributed by atoms with Crippen LogP contribution in [0.5, 0.6) is 0 Å². The summed E-state index contributed by atoms with van der Waals surface area (Å²) in [6, 6.07) is 3.30. The van der Waals surface area contributed by atoms with E-state index in [0.29, 0.717) is 5.56 Å². The maximum Gasteiger partial charge on any atom is 0.130 e. The summed E-state index contributed by atoms with van der Waals surface area (Å²) in [6.45, 7) is 2.20. The van der Waals surface area contributed by atoms with E-state index in [0.717, 1.165) is 25.3 Å². The van der Waals surface area contributed by atoms with E-state index in [9.17, 15) is 8.78 Å². The second kappa shape index (κ2) is 9.03. The Labute approximate surface area is 115 Å². The van der Waals surface area contributed by atoms with Gasteiger partial charge < -0.3 is 5.73 Å². The lowest BCUT2D eigenvalue weighted by Gasteiger charge is -2.12. The van der Waals surface area contributed by atoms with E-state index in [2.05, 4.69) is 6.92 Å². The number of nitrogens with two attached hydrogens (primary N) is 1. The third-order valence-corrected chi connectivity index (χ3v) is 3.48. The third-order valence-electron chi connectivity index (χ3n) is 3.48. The molecule has 1 aromatic carbocycles.